The van der Waals surface area contributed by atoms with Crippen LogP contribution in [-0.4, -0.2) is 43.1 Å². The monoisotopic (exact) mass is 472 g/mol. The van der Waals surface area contributed by atoms with Crippen molar-refractivity contribution in [3.05, 3.63) is 66.0 Å². The molecule has 1 aliphatic heterocycles. The van der Waals surface area contributed by atoms with Gasteiger partial charge in [-0.05, 0) is 49.2 Å². The number of nitrogens with zero attached hydrogens (tertiary/aromatic N) is 3. The summed E-state index contributed by atoms with van der Waals surface area (Å²) in [5.74, 6) is 2.67. The van der Waals surface area contributed by atoms with Crippen molar-refractivity contribution >= 4 is 13.8 Å². The highest BCUT2D eigenvalue weighted by Gasteiger charge is 2.15. The van der Waals surface area contributed by atoms with Gasteiger partial charge < -0.3 is 5.32 Å². The van der Waals surface area contributed by atoms with Crippen molar-refractivity contribution in [2.24, 2.45) is 0 Å². The van der Waals surface area contributed by atoms with Gasteiger partial charge in [-0.2, -0.15) is 4.39 Å². The lowest BCUT2D eigenvalue weighted by Gasteiger charge is -2.26. The molecule has 1 fully saturated rings. The number of nitrogens with one attached hydrogen (secondary N) is 1. The Kier molecular flexibility index (Phi) is 7.45. The van der Waals surface area contributed by atoms with Crippen LogP contribution in [0.4, 0.5) is 10.1 Å². The Morgan fingerprint density at radius 1 is 0.941 bits per heavy atom. The van der Waals surface area contributed by atoms with Crippen molar-refractivity contribution in [1.29, 1.82) is 0 Å². The van der Waals surface area contributed by atoms with E-state index < -0.39 is 14.0 Å². The van der Waals surface area contributed by atoms with Gasteiger partial charge in [0.1, 0.15) is 13.8 Å². The number of likely N-dealkylation sites (tertiary alicyclic amines) is 1. The molecule has 0 saturated carbocycles. The number of aromatic nitrogens is 2. The van der Waals surface area contributed by atoms with Gasteiger partial charge in [0.25, 0.3) is 0 Å². The first-order valence-electron chi connectivity index (χ1n) is 12.0. The smallest absolute Gasteiger partial charge is 0.220 e. The largest absolute Gasteiger partial charge is 0.386 e. The van der Waals surface area contributed by atoms with Crippen LogP contribution in [0.3, 0.4) is 0 Å². The van der Waals surface area contributed by atoms with Crippen LogP contribution in [0.1, 0.15) is 30.5 Å². The van der Waals surface area contributed by atoms with Gasteiger partial charge in [0.2, 0.25) is 5.95 Å². The second-order valence-corrected chi connectivity index (χ2v) is 14.7. The van der Waals surface area contributed by atoms with E-state index in [0.717, 1.165) is 23.4 Å². The van der Waals surface area contributed by atoms with Crippen LogP contribution in [-0.2, 0) is 6.54 Å². The van der Waals surface area contributed by atoms with Crippen LogP contribution in [0.15, 0.2) is 48.8 Å². The maximum atomic E-state index is 14.9. The van der Waals surface area contributed by atoms with E-state index in [1.807, 2.05) is 19.2 Å². The number of hydrogen-bond donors (Lipinski definition) is 1. The summed E-state index contributed by atoms with van der Waals surface area (Å²) >= 11 is 0. The lowest BCUT2D eigenvalue weighted by atomic mass is 9.99. The highest BCUT2D eigenvalue weighted by atomic mass is 28.3. The van der Waals surface area contributed by atoms with E-state index in [4.69, 9.17) is 0 Å². The molecule has 0 spiro atoms. The molecule has 0 aliphatic carbocycles. The van der Waals surface area contributed by atoms with Crippen LogP contribution in [0.2, 0.25) is 19.6 Å². The van der Waals surface area contributed by atoms with Crippen molar-refractivity contribution < 1.29 is 4.39 Å². The SMILES string of the molecule is CNc1cnc(C#C[Si](C)(C)C)cc1-c1cc(-c2ccc(CN3CCCCC3)cc2)cnc1F. The summed E-state index contributed by atoms with van der Waals surface area (Å²) in [6.45, 7) is 9.90. The predicted octanol–water partition coefficient (Wildman–Crippen LogP) is 6.21. The Labute approximate surface area is 203 Å². The van der Waals surface area contributed by atoms with Crippen molar-refractivity contribution in [2.45, 2.75) is 45.4 Å². The molecule has 0 radical (unpaired) electrons. The van der Waals surface area contributed by atoms with Crippen LogP contribution < -0.4 is 5.32 Å². The van der Waals surface area contributed by atoms with E-state index in [9.17, 15) is 4.39 Å². The minimum Gasteiger partial charge on any atom is -0.386 e. The van der Waals surface area contributed by atoms with Crippen LogP contribution in [0.25, 0.3) is 22.3 Å². The third-order valence-electron chi connectivity index (χ3n) is 6.01. The van der Waals surface area contributed by atoms with Gasteiger partial charge in [-0.1, -0.05) is 56.2 Å². The fraction of sp³-hybridized carbons (Fsp3) is 0.357. The van der Waals surface area contributed by atoms with Gasteiger partial charge in [0.15, 0.2) is 0 Å². The van der Waals surface area contributed by atoms with E-state index in [0.29, 0.717) is 16.8 Å². The highest BCUT2D eigenvalue weighted by molar-refractivity contribution is 6.83. The summed E-state index contributed by atoms with van der Waals surface area (Å²) in [6.07, 6.45) is 7.23. The topological polar surface area (TPSA) is 41.1 Å². The molecule has 4 nitrogen and oxygen atoms in total. The summed E-state index contributed by atoms with van der Waals surface area (Å²) in [4.78, 5) is 11.0. The standard InChI is InChI=1S/C28H33FN4Si/c1-30-27-19-31-24(12-15-34(2,3)4)17-25(27)26-16-23(18-32-28(26)29)22-10-8-21(9-11-22)20-33-13-6-5-7-14-33/h8-11,16-19,30H,5-7,13-14,20H2,1-4H3. The Morgan fingerprint density at radius 2 is 1.68 bits per heavy atom. The molecule has 3 aromatic rings. The van der Waals surface area contributed by atoms with Gasteiger partial charge in [-0.25, -0.2) is 9.97 Å². The first-order chi connectivity index (χ1) is 16.3. The Bertz CT molecular complexity index is 1200. The van der Waals surface area contributed by atoms with Gasteiger partial charge in [-0.3, -0.25) is 4.90 Å². The number of hydrogen-bond acceptors (Lipinski definition) is 4. The average Bonchev–Trinajstić information content (AvgIpc) is 2.84. The maximum absolute atomic E-state index is 14.9. The molecule has 176 valence electrons. The molecule has 0 atom stereocenters. The van der Waals surface area contributed by atoms with Crippen molar-refractivity contribution in [2.75, 3.05) is 25.5 Å². The van der Waals surface area contributed by atoms with E-state index in [2.05, 4.69) is 75.6 Å². The van der Waals surface area contributed by atoms with Gasteiger partial charge in [-0.15, -0.1) is 5.54 Å². The van der Waals surface area contributed by atoms with Crippen molar-refractivity contribution in [3.63, 3.8) is 0 Å². The molecular formula is C28H33FN4Si. The zero-order valence-electron chi connectivity index (χ0n) is 20.6. The molecule has 4 rings (SSSR count). The molecule has 3 heterocycles. The Hall–Kier alpha value is -3.01. The first kappa shape index (κ1) is 24.1. The number of pyridine rings is 2. The molecule has 1 aliphatic rings. The quantitative estimate of drug-likeness (QED) is 0.272. The summed E-state index contributed by atoms with van der Waals surface area (Å²) in [5, 5.41) is 3.13. The molecule has 1 saturated heterocycles. The first-order valence-corrected chi connectivity index (χ1v) is 15.5. The van der Waals surface area contributed by atoms with Crippen molar-refractivity contribution in [3.8, 4) is 33.7 Å². The van der Waals surface area contributed by atoms with Gasteiger partial charge in [0.05, 0.1) is 11.9 Å². The number of piperidine rings is 1. The summed E-state index contributed by atoms with van der Waals surface area (Å²) < 4.78 is 14.9. The minimum atomic E-state index is -1.55. The average molecular weight is 473 g/mol. The molecule has 1 N–H and O–H groups in total. The van der Waals surface area contributed by atoms with Crippen LogP contribution in [0, 0.1) is 17.4 Å². The zero-order chi connectivity index (χ0) is 24.1. The van der Waals surface area contributed by atoms with Crippen LogP contribution >= 0.6 is 0 Å². The molecule has 2 aromatic heterocycles. The van der Waals surface area contributed by atoms with Crippen LogP contribution in [0.5, 0.6) is 0 Å². The normalized spacial score (nSPS) is 14.4. The third-order valence-corrected chi connectivity index (χ3v) is 6.89. The Morgan fingerprint density at radius 3 is 2.35 bits per heavy atom. The van der Waals surface area contributed by atoms with E-state index >= 15 is 0 Å². The second-order valence-electron chi connectivity index (χ2n) is 9.96. The van der Waals surface area contributed by atoms with E-state index in [-0.39, 0.29) is 0 Å². The lowest BCUT2D eigenvalue weighted by Crippen LogP contribution is -2.28. The van der Waals surface area contributed by atoms with E-state index in [1.54, 1.807) is 12.4 Å². The minimum absolute atomic E-state index is 0.442. The molecule has 0 unspecified atom stereocenters. The number of rotatable bonds is 5. The molecule has 0 bridgehead atoms. The Balaban J connectivity index is 1.64. The zero-order valence-corrected chi connectivity index (χ0v) is 21.6. The molecular weight excluding hydrogens is 439 g/mol. The lowest BCUT2D eigenvalue weighted by molar-refractivity contribution is 0.221. The molecule has 6 heteroatoms. The van der Waals surface area contributed by atoms with Gasteiger partial charge >= 0.3 is 0 Å². The second kappa shape index (κ2) is 10.5. The number of benzene rings is 1. The summed E-state index contributed by atoms with van der Waals surface area (Å²) in [5.41, 5.74) is 9.09. The van der Waals surface area contributed by atoms with Gasteiger partial charge in [0, 0.05) is 36.5 Å². The number of anilines is 1. The third kappa shape index (κ3) is 6.10. The maximum Gasteiger partial charge on any atom is 0.220 e. The van der Waals surface area contributed by atoms with E-state index in [1.165, 1.54) is 37.9 Å². The molecule has 34 heavy (non-hydrogen) atoms. The summed E-state index contributed by atoms with van der Waals surface area (Å²) in [7, 11) is 0.262. The fourth-order valence-electron chi connectivity index (χ4n) is 4.17. The fourth-order valence-corrected chi connectivity index (χ4v) is 4.67. The van der Waals surface area contributed by atoms with Crippen molar-refractivity contribution in [1.82, 2.24) is 14.9 Å². The predicted molar refractivity (Wildman–Crippen MR) is 142 cm³/mol. The molecule has 1 aromatic carbocycles. The number of halogens is 1. The highest BCUT2D eigenvalue weighted by Crippen LogP contribution is 2.32. The summed E-state index contributed by atoms with van der Waals surface area (Å²) in [6, 6.07) is 12.3. The molecule has 0 amide bonds.